The fraction of sp³-hybridized carbons (Fsp3) is 0.154. The van der Waals surface area contributed by atoms with Crippen molar-refractivity contribution in [2.24, 2.45) is 0 Å². The van der Waals surface area contributed by atoms with Crippen molar-refractivity contribution in [2.45, 2.75) is 19.0 Å². The highest BCUT2D eigenvalue weighted by Crippen LogP contribution is 2.31. The molecule has 1 N–H and O–H groups in total. The number of carbonyl (C=O) groups excluding carboxylic acids is 1. The van der Waals surface area contributed by atoms with E-state index in [1.54, 1.807) is 13.2 Å². The molecule has 4 aromatic rings. The molecule has 162 valence electrons. The predicted molar refractivity (Wildman–Crippen MR) is 131 cm³/mol. The first-order valence-electron chi connectivity index (χ1n) is 10.3. The van der Waals surface area contributed by atoms with E-state index in [9.17, 15) is 4.79 Å². The maximum Gasteiger partial charge on any atom is 0.234 e. The Morgan fingerprint density at radius 1 is 1.00 bits per heavy atom. The number of aromatic nitrogens is 2. The van der Waals surface area contributed by atoms with Crippen molar-refractivity contribution in [3.63, 3.8) is 0 Å². The van der Waals surface area contributed by atoms with E-state index in [2.05, 4.69) is 54.1 Å². The predicted octanol–water partition coefficient (Wildman–Crippen LogP) is 5.90. The SMILES string of the molecule is COc1cccc(NC(=O)CSc2nc(-c3ccccc3)c(C)n2-c2cccc(C)c2)c1. The van der Waals surface area contributed by atoms with Crippen LogP contribution in [0.15, 0.2) is 84.0 Å². The van der Waals surface area contributed by atoms with Crippen LogP contribution in [0.5, 0.6) is 5.75 Å². The molecule has 0 aliphatic rings. The Balaban J connectivity index is 1.61. The lowest BCUT2D eigenvalue weighted by Crippen LogP contribution is -2.14. The Labute approximate surface area is 192 Å². The zero-order valence-corrected chi connectivity index (χ0v) is 19.1. The number of nitrogens with one attached hydrogen (secondary N) is 1. The number of aryl methyl sites for hydroxylation is 1. The van der Waals surface area contributed by atoms with Gasteiger partial charge in [0.05, 0.1) is 18.6 Å². The number of methoxy groups -OCH3 is 1. The van der Waals surface area contributed by atoms with Gasteiger partial charge in [0.25, 0.3) is 0 Å². The Bertz CT molecular complexity index is 1240. The maximum absolute atomic E-state index is 12.6. The smallest absolute Gasteiger partial charge is 0.234 e. The van der Waals surface area contributed by atoms with Crippen molar-refractivity contribution < 1.29 is 9.53 Å². The van der Waals surface area contributed by atoms with Crippen LogP contribution in [0.25, 0.3) is 16.9 Å². The molecule has 0 radical (unpaired) electrons. The molecule has 0 unspecified atom stereocenters. The van der Waals surface area contributed by atoms with Gasteiger partial charge in [0.2, 0.25) is 5.91 Å². The van der Waals surface area contributed by atoms with Gasteiger partial charge in [0, 0.05) is 28.7 Å². The van der Waals surface area contributed by atoms with Crippen LogP contribution in [-0.2, 0) is 4.79 Å². The highest BCUT2D eigenvalue weighted by atomic mass is 32.2. The number of benzene rings is 3. The molecule has 0 saturated carbocycles. The van der Waals surface area contributed by atoms with Gasteiger partial charge in [-0.1, -0.05) is 60.3 Å². The Morgan fingerprint density at radius 3 is 2.53 bits per heavy atom. The zero-order chi connectivity index (χ0) is 22.5. The van der Waals surface area contributed by atoms with Gasteiger partial charge in [0.1, 0.15) is 5.75 Å². The van der Waals surface area contributed by atoms with Gasteiger partial charge >= 0.3 is 0 Å². The van der Waals surface area contributed by atoms with Gasteiger partial charge in [-0.25, -0.2) is 4.98 Å². The second-order valence-electron chi connectivity index (χ2n) is 7.44. The monoisotopic (exact) mass is 443 g/mol. The third-order valence-corrected chi connectivity index (χ3v) is 6.01. The molecule has 1 heterocycles. The van der Waals surface area contributed by atoms with E-state index in [1.165, 1.54) is 17.3 Å². The number of anilines is 1. The van der Waals surface area contributed by atoms with Gasteiger partial charge in [-0.2, -0.15) is 0 Å². The number of thioether (sulfide) groups is 1. The fourth-order valence-corrected chi connectivity index (χ4v) is 4.40. The number of ether oxygens (including phenoxy) is 1. The lowest BCUT2D eigenvalue weighted by atomic mass is 10.1. The van der Waals surface area contributed by atoms with Crippen LogP contribution in [0.3, 0.4) is 0 Å². The molecule has 6 heteroatoms. The zero-order valence-electron chi connectivity index (χ0n) is 18.3. The molecule has 0 atom stereocenters. The van der Waals surface area contributed by atoms with E-state index in [4.69, 9.17) is 9.72 Å². The summed E-state index contributed by atoms with van der Waals surface area (Å²) in [5, 5.41) is 3.72. The maximum atomic E-state index is 12.6. The second-order valence-corrected chi connectivity index (χ2v) is 8.38. The van der Waals surface area contributed by atoms with E-state index in [1.807, 2.05) is 42.5 Å². The van der Waals surface area contributed by atoms with Crippen LogP contribution < -0.4 is 10.1 Å². The lowest BCUT2D eigenvalue weighted by molar-refractivity contribution is -0.113. The number of hydrogen-bond acceptors (Lipinski definition) is 4. The number of rotatable bonds is 7. The summed E-state index contributed by atoms with van der Waals surface area (Å²) in [5.74, 6) is 0.850. The first-order valence-corrected chi connectivity index (χ1v) is 11.3. The van der Waals surface area contributed by atoms with Crippen LogP contribution in [0.1, 0.15) is 11.3 Å². The standard InChI is InChI=1S/C26H25N3O2S/c1-18-9-7-13-22(15-18)29-19(2)25(20-10-5-4-6-11-20)28-26(29)32-17-24(30)27-21-12-8-14-23(16-21)31-3/h4-16H,17H2,1-3H3,(H,27,30). The minimum atomic E-state index is -0.0963. The third kappa shape index (κ3) is 4.86. The third-order valence-electron chi connectivity index (χ3n) is 5.07. The van der Waals surface area contributed by atoms with Crippen LogP contribution in [0.2, 0.25) is 0 Å². The molecule has 32 heavy (non-hydrogen) atoms. The minimum absolute atomic E-state index is 0.0963. The molecule has 0 fully saturated rings. The molecule has 0 aliphatic heterocycles. The average molecular weight is 444 g/mol. The Morgan fingerprint density at radius 2 is 1.78 bits per heavy atom. The summed E-state index contributed by atoms with van der Waals surface area (Å²) in [5.41, 5.74) is 5.92. The topological polar surface area (TPSA) is 56.1 Å². The summed E-state index contributed by atoms with van der Waals surface area (Å²) in [6.45, 7) is 4.14. The number of imidazole rings is 1. The molecule has 1 amide bonds. The molecule has 0 saturated heterocycles. The van der Waals surface area contributed by atoms with E-state index in [-0.39, 0.29) is 11.7 Å². The molecule has 0 aliphatic carbocycles. The van der Waals surface area contributed by atoms with Crippen molar-refractivity contribution in [3.05, 3.63) is 90.1 Å². The highest BCUT2D eigenvalue weighted by Gasteiger charge is 2.18. The van der Waals surface area contributed by atoms with E-state index in [0.29, 0.717) is 11.4 Å². The van der Waals surface area contributed by atoms with Crippen LogP contribution in [-0.4, -0.2) is 28.3 Å². The fourth-order valence-electron chi connectivity index (χ4n) is 3.54. The van der Waals surface area contributed by atoms with Crippen molar-refractivity contribution in [1.29, 1.82) is 0 Å². The number of amides is 1. The molecular formula is C26H25N3O2S. The van der Waals surface area contributed by atoms with Crippen LogP contribution >= 0.6 is 11.8 Å². The molecule has 0 bridgehead atoms. The van der Waals surface area contributed by atoms with Gasteiger partial charge in [-0.3, -0.25) is 9.36 Å². The Kier molecular flexibility index (Phi) is 6.61. The molecular weight excluding hydrogens is 418 g/mol. The van der Waals surface area contributed by atoms with Crippen molar-refractivity contribution in [3.8, 4) is 22.7 Å². The lowest BCUT2D eigenvalue weighted by Gasteiger charge is -2.11. The van der Waals surface area contributed by atoms with Crippen LogP contribution in [0, 0.1) is 13.8 Å². The van der Waals surface area contributed by atoms with E-state index in [0.717, 1.165) is 27.8 Å². The van der Waals surface area contributed by atoms with Gasteiger partial charge in [-0.15, -0.1) is 0 Å². The number of hydrogen-bond donors (Lipinski definition) is 1. The summed E-state index contributed by atoms with van der Waals surface area (Å²) in [4.78, 5) is 17.6. The normalized spacial score (nSPS) is 10.7. The van der Waals surface area contributed by atoms with E-state index < -0.39 is 0 Å². The van der Waals surface area contributed by atoms with Crippen LogP contribution in [0.4, 0.5) is 5.69 Å². The van der Waals surface area contributed by atoms with Gasteiger partial charge < -0.3 is 10.1 Å². The van der Waals surface area contributed by atoms with Crippen molar-refractivity contribution >= 4 is 23.4 Å². The summed E-state index contributed by atoms with van der Waals surface area (Å²) in [6.07, 6.45) is 0. The molecule has 4 rings (SSSR count). The molecule has 0 spiro atoms. The van der Waals surface area contributed by atoms with Crippen molar-refractivity contribution in [1.82, 2.24) is 9.55 Å². The minimum Gasteiger partial charge on any atom is -0.497 e. The molecule has 5 nitrogen and oxygen atoms in total. The number of carbonyl (C=O) groups is 1. The first kappa shape index (κ1) is 21.7. The van der Waals surface area contributed by atoms with Gasteiger partial charge in [-0.05, 0) is 43.7 Å². The Hall–Kier alpha value is -3.51. The summed E-state index contributed by atoms with van der Waals surface area (Å²) in [7, 11) is 1.61. The highest BCUT2D eigenvalue weighted by molar-refractivity contribution is 7.99. The first-order chi connectivity index (χ1) is 15.5. The second kappa shape index (κ2) is 9.75. The van der Waals surface area contributed by atoms with Gasteiger partial charge in [0.15, 0.2) is 5.16 Å². The quantitative estimate of drug-likeness (QED) is 0.362. The van der Waals surface area contributed by atoms with Crippen molar-refractivity contribution in [2.75, 3.05) is 18.2 Å². The summed E-state index contributed by atoms with van der Waals surface area (Å²) >= 11 is 1.42. The van der Waals surface area contributed by atoms with E-state index >= 15 is 0 Å². The largest absolute Gasteiger partial charge is 0.497 e. The molecule has 1 aromatic heterocycles. The number of nitrogens with zero attached hydrogens (tertiary/aromatic N) is 2. The molecule has 3 aromatic carbocycles. The average Bonchev–Trinajstić information content (AvgIpc) is 3.14. The summed E-state index contributed by atoms with van der Waals surface area (Å²) in [6, 6.07) is 25.8. The summed E-state index contributed by atoms with van der Waals surface area (Å²) < 4.78 is 7.35.